The minimum Gasteiger partial charge on any atom is -0.345 e. The van der Waals surface area contributed by atoms with Crippen molar-refractivity contribution in [1.29, 1.82) is 0 Å². The Morgan fingerprint density at radius 1 is 0.923 bits per heavy atom. The molecule has 26 heavy (non-hydrogen) atoms. The molecular formula is C13H16F3N9O. The highest BCUT2D eigenvalue weighted by molar-refractivity contribution is 5.45. The molecule has 3 heterocycles. The molecule has 0 aliphatic carbocycles. The van der Waals surface area contributed by atoms with Crippen LogP contribution in [0.1, 0.15) is 0 Å². The van der Waals surface area contributed by atoms with Gasteiger partial charge in [0, 0.05) is 38.6 Å². The summed E-state index contributed by atoms with van der Waals surface area (Å²) in [5, 5.41) is 11.1. The van der Waals surface area contributed by atoms with Crippen LogP contribution in [0, 0.1) is 0 Å². The molecule has 3 rings (SSSR count). The third-order valence-corrected chi connectivity index (χ3v) is 3.57. The number of anilines is 4. The van der Waals surface area contributed by atoms with Gasteiger partial charge in [-0.15, -0.1) is 0 Å². The summed E-state index contributed by atoms with van der Waals surface area (Å²) in [6.45, 7) is 0.893. The predicted octanol–water partition coefficient (Wildman–Crippen LogP) is 0.763. The molecule has 0 amide bonds. The average molecular weight is 371 g/mol. The Bertz CT molecular complexity index is 723. The van der Waals surface area contributed by atoms with Crippen LogP contribution in [0.15, 0.2) is 18.5 Å². The van der Waals surface area contributed by atoms with E-state index in [1.54, 1.807) is 28.8 Å². The van der Waals surface area contributed by atoms with Crippen molar-refractivity contribution in [2.24, 2.45) is 0 Å². The van der Waals surface area contributed by atoms with E-state index in [1.807, 2.05) is 4.90 Å². The van der Waals surface area contributed by atoms with Crippen molar-refractivity contribution in [3.05, 3.63) is 18.5 Å². The van der Waals surface area contributed by atoms with Gasteiger partial charge in [0.05, 0.1) is 0 Å². The first-order chi connectivity index (χ1) is 12.4. The van der Waals surface area contributed by atoms with Gasteiger partial charge in [-0.1, -0.05) is 0 Å². The maximum Gasteiger partial charge on any atom is 0.405 e. The van der Waals surface area contributed by atoms with E-state index in [4.69, 9.17) is 5.21 Å². The first-order valence-corrected chi connectivity index (χ1v) is 7.68. The summed E-state index contributed by atoms with van der Waals surface area (Å²) in [5.41, 5.74) is 1.74. The number of hydrogen-bond donors (Lipinski definition) is 3. The van der Waals surface area contributed by atoms with Crippen LogP contribution >= 0.6 is 0 Å². The van der Waals surface area contributed by atoms with E-state index in [2.05, 4.69) is 30.2 Å². The average Bonchev–Trinajstić information content (AvgIpc) is 2.66. The van der Waals surface area contributed by atoms with Crippen LogP contribution in [0.25, 0.3) is 0 Å². The molecule has 0 unspecified atom stereocenters. The molecule has 2 aromatic heterocycles. The van der Waals surface area contributed by atoms with E-state index in [1.165, 1.54) is 0 Å². The number of nitrogens with zero attached hydrogens (tertiary/aromatic N) is 7. The van der Waals surface area contributed by atoms with Gasteiger partial charge >= 0.3 is 6.18 Å². The summed E-state index contributed by atoms with van der Waals surface area (Å²) in [4.78, 5) is 23.8. The molecule has 1 aliphatic heterocycles. The molecule has 0 bridgehead atoms. The number of piperazine rings is 1. The number of aromatic nitrogens is 5. The molecule has 2 aromatic rings. The van der Waals surface area contributed by atoms with Crippen molar-refractivity contribution >= 4 is 23.8 Å². The van der Waals surface area contributed by atoms with Gasteiger partial charge in [0.1, 0.15) is 6.54 Å². The van der Waals surface area contributed by atoms with Crippen LogP contribution in [0.5, 0.6) is 0 Å². The molecule has 1 aliphatic rings. The number of alkyl halides is 3. The van der Waals surface area contributed by atoms with Crippen molar-refractivity contribution in [2.45, 2.75) is 6.18 Å². The Morgan fingerprint density at radius 2 is 1.50 bits per heavy atom. The highest BCUT2D eigenvalue weighted by Gasteiger charge is 2.28. The molecule has 140 valence electrons. The van der Waals surface area contributed by atoms with E-state index >= 15 is 0 Å². The van der Waals surface area contributed by atoms with Crippen LogP contribution in [0.4, 0.5) is 37.0 Å². The highest BCUT2D eigenvalue weighted by Crippen LogP contribution is 2.19. The summed E-state index contributed by atoms with van der Waals surface area (Å²) in [7, 11) is 0. The largest absolute Gasteiger partial charge is 0.405 e. The first-order valence-electron chi connectivity index (χ1n) is 7.68. The minimum atomic E-state index is -4.42. The van der Waals surface area contributed by atoms with Crippen molar-refractivity contribution in [3.63, 3.8) is 0 Å². The van der Waals surface area contributed by atoms with Gasteiger partial charge < -0.3 is 15.1 Å². The Morgan fingerprint density at radius 3 is 2.08 bits per heavy atom. The first kappa shape index (κ1) is 17.8. The zero-order chi connectivity index (χ0) is 18.6. The second-order valence-electron chi connectivity index (χ2n) is 5.39. The third-order valence-electron chi connectivity index (χ3n) is 3.57. The topological polar surface area (TPSA) is 115 Å². The monoisotopic (exact) mass is 371 g/mol. The van der Waals surface area contributed by atoms with Crippen LogP contribution in [-0.4, -0.2) is 69.0 Å². The standard InChI is InChI=1S/C13H16F3N9O/c14-13(15,16)8-19-9-20-10(23-26)22-12(21-9)25-6-4-24(5-7-25)11-17-2-1-3-18-11/h1-3,26H,4-8H2,(H2,19,20,21,22,23). The lowest BCUT2D eigenvalue weighted by molar-refractivity contribution is -0.115. The molecule has 0 radical (unpaired) electrons. The van der Waals surface area contributed by atoms with Crippen LogP contribution in [0.3, 0.4) is 0 Å². The summed E-state index contributed by atoms with van der Waals surface area (Å²) >= 11 is 0. The Kier molecular flexibility index (Phi) is 5.16. The molecule has 1 saturated heterocycles. The molecular weight excluding hydrogens is 355 g/mol. The van der Waals surface area contributed by atoms with E-state index in [9.17, 15) is 13.2 Å². The molecule has 0 saturated carbocycles. The van der Waals surface area contributed by atoms with Gasteiger partial charge in [0.2, 0.25) is 17.8 Å². The zero-order valence-corrected chi connectivity index (χ0v) is 13.5. The van der Waals surface area contributed by atoms with E-state index in [0.29, 0.717) is 32.1 Å². The minimum absolute atomic E-state index is 0.162. The fourth-order valence-corrected chi connectivity index (χ4v) is 2.38. The summed E-state index contributed by atoms with van der Waals surface area (Å²) < 4.78 is 37.1. The highest BCUT2D eigenvalue weighted by atomic mass is 19.4. The molecule has 10 nitrogen and oxygen atoms in total. The lowest BCUT2D eigenvalue weighted by atomic mass is 10.3. The normalized spacial score (nSPS) is 15.1. The second kappa shape index (κ2) is 7.51. The van der Waals surface area contributed by atoms with Gasteiger partial charge in [-0.2, -0.15) is 28.1 Å². The fraction of sp³-hybridized carbons (Fsp3) is 0.462. The van der Waals surface area contributed by atoms with Crippen molar-refractivity contribution in [3.8, 4) is 0 Å². The predicted molar refractivity (Wildman–Crippen MR) is 86.2 cm³/mol. The van der Waals surface area contributed by atoms with Gasteiger partial charge in [-0.25, -0.2) is 15.4 Å². The molecule has 0 spiro atoms. The Labute approximate surface area is 146 Å². The zero-order valence-electron chi connectivity index (χ0n) is 13.5. The molecule has 13 heteroatoms. The smallest absolute Gasteiger partial charge is 0.345 e. The van der Waals surface area contributed by atoms with Gasteiger partial charge in [-0.05, 0) is 6.07 Å². The van der Waals surface area contributed by atoms with Gasteiger partial charge in [-0.3, -0.25) is 5.21 Å². The maximum atomic E-state index is 12.4. The third kappa shape index (κ3) is 4.56. The van der Waals surface area contributed by atoms with Crippen molar-refractivity contribution in [2.75, 3.05) is 53.3 Å². The summed E-state index contributed by atoms with van der Waals surface area (Å²) in [6, 6.07) is 1.73. The number of nitrogens with one attached hydrogen (secondary N) is 2. The molecule has 3 N–H and O–H groups in total. The van der Waals surface area contributed by atoms with Crippen LogP contribution < -0.4 is 20.6 Å². The second-order valence-corrected chi connectivity index (χ2v) is 5.39. The van der Waals surface area contributed by atoms with Gasteiger partial charge in [0.25, 0.3) is 5.95 Å². The van der Waals surface area contributed by atoms with E-state index < -0.39 is 12.7 Å². The van der Waals surface area contributed by atoms with Crippen LogP contribution in [0.2, 0.25) is 0 Å². The maximum absolute atomic E-state index is 12.4. The number of halogens is 3. The van der Waals surface area contributed by atoms with E-state index in [-0.39, 0.29) is 17.8 Å². The SMILES string of the molecule is ONc1nc(NCC(F)(F)F)nc(N2CCN(c3ncccn3)CC2)n1. The Balaban J connectivity index is 1.69. The summed E-state index contributed by atoms with van der Waals surface area (Å²) in [6.07, 6.45) is -1.11. The quantitative estimate of drug-likeness (QED) is 0.651. The Hall–Kier alpha value is -2.96. The van der Waals surface area contributed by atoms with Gasteiger partial charge in [0.15, 0.2) is 0 Å². The molecule has 1 fully saturated rings. The number of hydrogen-bond acceptors (Lipinski definition) is 10. The molecule has 0 aromatic carbocycles. The van der Waals surface area contributed by atoms with Crippen molar-refractivity contribution in [1.82, 2.24) is 24.9 Å². The fourth-order valence-electron chi connectivity index (χ4n) is 2.38. The summed E-state index contributed by atoms with van der Waals surface area (Å²) in [5.74, 6) is 0.245. The van der Waals surface area contributed by atoms with Crippen molar-refractivity contribution < 1.29 is 18.4 Å². The lowest BCUT2D eigenvalue weighted by Gasteiger charge is -2.34. The van der Waals surface area contributed by atoms with Crippen LogP contribution in [-0.2, 0) is 0 Å². The molecule has 0 atom stereocenters. The lowest BCUT2D eigenvalue weighted by Crippen LogP contribution is -2.47. The van der Waals surface area contributed by atoms with E-state index in [0.717, 1.165) is 0 Å². The number of rotatable bonds is 5.